The summed E-state index contributed by atoms with van der Waals surface area (Å²) in [4.78, 5) is 15.8. The van der Waals surface area contributed by atoms with Gasteiger partial charge in [0.25, 0.3) is 5.91 Å². The molecule has 1 aromatic heterocycles. The molecule has 0 bridgehead atoms. The smallest absolute Gasteiger partial charge is 0.349 e. The summed E-state index contributed by atoms with van der Waals surface area (Å²) in [6.07, 6.45) is 2.83. The number of nitrogens with one attached hydrogen (secondary N) is 1. The summed E-state index contributed by atoms with van der Waals surface area (Å²) < 4.78 is 37.0. The van der Waals surface area contributed by atoms with Crippen LogP contribution in [0.25, 0.3) is 10.4 Å². The average molecular weight is 582 g/mol. The van der Waals surface area contributed by atoms with Gasteiger partial charge in [0.2, 0.25) is 0 Å². The van der Waals surface area contributed by atoms with Crippen molar-refractivity contribution in [3.63, 3.8) is 0 Å². The SMILES string of the molecule is O=C(N[C@H](CN1CCCC1)[C@H](O)c1ccc(OC2CC2)c(Cl)c1)C(F)(F)c1ccc(-c2ccc(Cl)s2)cc1. The van der Waals surface area contributed by atoms with Crippen molar-refractivity contribution in [3.05, 3.63) is 75.1 Å². The second-order valence-electron chi connectivity index (χ2n) is 9.80. The number of halogens is 4. The van der Waals surface area contributed by atoms with Crippen LogP contribution in [0.1, 0.15) is 42.9 Å². The van der Waals surface area contributed by atoms with Gasteiger partial charge in [-0.15, -0.1) is 11.3 Å². The summed E-state index contributed by atoms with van der Waals surface area (Å²) >= 11 is 13.7. The number of thiophene rings is 1. The zero-order valence-electron chi connectivity index (χ0n) is 20.5. The predicted octanol–water partition coefficient (Wildman–Crippen LogP) is 6.67. The Balaban J connectivity index is 1.33. The van der Waals surface area contributed by atoms with Crippen LogP contribution in [0.15, 0.2) is 54.6 Å². The minimum Gasteiger partial charge on any atom is -0.489 e. The van der Waals surface area contributed by atoms with Crippen LogP contribution in [0.5, 0.6) is 5.75 Å². The van der Waals surface area contributed by atoms with Crippen molar-refractivity contribution in [1.29, 1.82) is 0 Å². The molecule has 1 aliphatic carbocycles. The highest BCUT2D eigenvalue weighted by Gasteiger charge is 2.43. The van der Waals surface area contributed by atoms with Gasteiger partial charge in [-0.1, -0.05) is 53.5 Å². The molecule has 10 heteroatoms. The van der Waals surface area contributed by atoms with Gasteiger partial charge in [-0.3, -0.25) is 4.79 Å². The number of likely N-dealkylation sites (tertiary alicyclic amines) is 1. The third-order valence-corrected chi connectivity index (χ3v) is 8.43. The van der Waals surface area contributed by atoms with Gasteiger partial charge in [-0.05, 0) is 74.2 Å². The quantitative estimate of drug-likeness (QED) is 0.281. The molecule has 38 heavy (non-hydrogen) atoms. The number of hydrogen-bond acceptors (Lipinski definition) is 5. The van der Waals surface area contributed by atoms with Crippen molar-refractivity contribution in [3.8, 4) is 16.2 Å². The lowest BCUT2D eigenvalue weighted by atomic mass is 10.00. The minimum absolute atomic E-state index is 0.157. The van der Waals surface area contributed by atoms with E-state index in [0.717, 1.165) is 49.2 Å². The number of aliphatic hydroxyl groups is 1. The summed E-state index contributed by atoms with van der Waals surface area (Å²) in [6.45, 7) is 1.79. The highest BCUT2D eigenvalue weighted by molar-refractivity contribution is 7.19. The molecule has 3 aromatic rings. The molecule has 2 heterocycles. The molecule has 0 spiro atoms. The van der Waals surface area contributed by atoms with Crippen molar-refractivity contribution in [2.24, 2.45) is 0 Å². The molecule has 5 rings (SSSR count). The van der Waals surface area contributed by atoms with Crippen molar-refractivity contribution >= 4 is 40.4 Å². The number of aliphatic hydroxyl groups excluding tert-OH is 1. The summed E-state index contributed by atoms with van der Waals surface area (Å²) in [5.41, 5.74) is 0.723. The maximum atomic E-state index is 15.3. The molecule has 0 unspecified atom stereocenters. The molecule has 1 aliphatic heterocycles. The summed E-state index contributed by atoms with van der Waals surface area (Å²) in [6, 6.07) is 13.1. The Labute approximate surface area is 234 Å². The second kappa shape index (κ2) is 11.5. The molecule has 1 saturated carbocycles. The largest absolute Gasteiger partial charge is 0.489 e. The molecule has 1 amide bonds. The number of hydrogen-bond donors (Lipinski definition) is 2. The van der Waals surface area contributed by atoms with Crippen LogP contribution in [-0.4, -0.2) is 47.7 Å². The molecule has 202 valence electrons. The Hall–Kier alpha value is -2.23. The van der Waals surface area contributed by atoms with Gasteiger partial charge in [0.05, 0.1) is 21.5 Å². The van der Waals surface area contributed by atoms with E-state index in [0.29, 0.717) is 20.7 Å². The number of carbonyl (C=O) groups is 1. The van der Waals surface area contributed by atoms with Gasteiger partial charge in [0.15, 0.2) is 0 Å². The van der Waals surface area contributed by atoms with Crippen LogP contribution in [0, 0.1) is 0 Å². The van der Waals surface area contributed by atoms with Crippen LogP contribution in [0.4, 0.5) is 8.78 Å². The van der Waals surface area contributed by atoms with Crippen LogP contribution in [-0.2, 0) is 10.7 Å². The first-order chi connectivity index (χ1) is 18.2. The average Bonchev–Trinajstić information content (AvgIpc) is 3.37. The number of carbonyl (C=O) groups excluding carboxylic acids is 1. The number of ether oxygens (including phenoxy) is 1. The normalized spacial score (nSPS) is 17.8. The van der Waals surface area contributed by atoms with Gasteiger partial charge in [-0.2, -0.15) is 8.78 Å². The molecule has 1 saturated heterocycles. The zero-order valence-corrected chi connectivity index (χ0v) is 22.8. The van der Waals surface area contributed by atoms with Crippen LogP contribution in [0.2, 0.25) is 9.36 Å². The van der Waals surface area contributed by atoms with E-state index in [1.54, 1.807) is 36.4 Å². The van der Waals surface area contributed by atoms with E-state index < -0.39 is 29.5 Å². The van der Waals surface area contributed by atoms with E-state index in [2.05, 4.69) is 10.2 Å². The zero-order chi connectivity index (χ0) is 26.9. The first kappa shape index (κ1) is 27.3. The number of nitrogens with zero attached hydrogens (tertiary/aromatic N) is 1. The highest BCUT2D eigenvalue weighted by atomic mass is 35.5. The fraction of sp³-hybridized carbons (Fsp3) is 0.393. The van der Waals surface area contributed by atoms with Gasteiger partial charge in [0, 0.05) is 17.0 Å². The highest BCUT2D eigenvalue weighted by Crippen LogP contribution is 2.36. The Morgan fingerprint density at radius 1 is 1.11 bits per heavy atom. The van der Waals surface area contributed by atoms with Crippen molar-refractivity contribution in [1.82, 2.24) is 10.2 Å². The first-order valence-electron chi connectivity index (χ1n) is 12.6. The van der Waals surface area contributed by atoms with Crippen molar-refractivity contribution < 1.29 is 23.4 Å². The summed E-state index contributed by atoms with van der Waals surface area (Å²) in [5.74, 6) is -4.74. The van der Waals surface area contributed by atoms with E-state index in [1.807, 2.05) is 6.07 Å². The van der Waals surface area contributed by atoms with Crippen molar-refractivity contribution in [2.45, 2.75) is 49.9 Å². The number of benzene rings is 2. The topological polar surface area (TPSA) is 61.8 Å². The van der Waals surface area contributed by atoms with E-state index in [9.17, 15) is 9.90 Å². The van der Waals surface area contributed by atoms with Crippen LogP contribution in [0.3, 0.4) is 0 Å². The molecule has 5 nitrogen and oxygen atoms in total. The van der Waals surface area contributed by atoms with Crippen LogP contribution >= 0.6 is 34.5 Å². The van der Waals surface area contributed by atoms with Gasteiger partial charge < -0.3 is 20.1 Å². The lowest BCUT2D eigenvalue weighted by Gasteiger charge is -2.30. The molecular weight excluding hydrogens is 553 g/mol. The Bertz CT molecular complexity index is 1280. The fourth-order valence-electron chi connectivity index (χ4n) is 4.57. The maximum absolute atomic E-state index is 15.3. The van der Waals surface area contributed by atoms with E-state index in [4.69, 9.17) is 27.9 Å². The third kappa shape index (κ3) is 6.32. The van der Waals surface area contributed by atoms with Gasteiger partial charge >= 0.3 is 5.92 Å². The van der Waals surface area contributed by atoms with Gasteiger partial charge in [0.1, 0.15) is 11.9 Å². The number of rotatable bonds is 10. The maximum Gasteiger partial charge on any atom is 0.349 e. The molecule has 2 fully saturated rings. The number of alkyl halides is 2. The molecule has 2 atom stereocenters. The van der Waals surface area contributed by atoms with E-state index in [1.165, 1.54) is 23.5 Å². The lowest BCUT2D eigenvalue weighted by Crippen LogP contribution is -2.50. The monoisotopic (exact) mass is 580 g/mol. The molecule has 2 aromatic carbocycles. The molecular formula is C28H28Cl2F2N2O3S. The summed E-state index contributed by atoms with van der Waals surface area (Å²) in [5, 5.41) is 14.0. The molecule has 2 aliphatic rings. The molecule has 0 radical (unpaired) electrons. The fourth-order valence-corrected chi connectivity index (χ4v) is 5.85. The third-order valence-electron chi connectivity index (χ3n) is 6.86. The van der Waals surface area contributed by atoms with Gasteiger partial charge in [-0.25, -0.2) is 0 Å². The molecule has 2 N–H and O–H groups in total. The summed E-state index contributed by atoms with van der Waals surface area (Å²) in [7, 11) is 0. The Morgan fingerprint density at radius 2 is 1.82 bits per heavy atom. The second-order valence-corrected chi connectivity index (χ2v) is 11.9. The predicted molar refractivity (Wildman–Crippen MR) is 146 cm³/mol. The first-order valence-corrected chi connectivity index (χ1v) is 14.2. The van der Waals surface area contributed by atoms with Crippen LogP contribution < -0.4 is 10.1 Å². The lowest BCUT2D eigenvalue weighted by molar-refractivity contribution is -0.149. The van der Waals surface area contributed by atoms with E-state index in [-0.39, 0.29) is 12.6 Å². The Kier molecular flexibility index (Phi) is 8.26. The standard InChI is InChI=1S/C28H28Cl2F2N2O3S/c29-21-15-18(5-10-23(21)37-20-8-9-20)26(35)22(16-34-13-1-2-14-34)33-27(36)28(31,32)19-6-3-17(4-7-19)24-11-12-25(30)38-24/h3-7,10-12,15,20,22,26,35H,1-2,8-9,13-14,16H2,(H,33,36)/t22-,26-/m1/s1. The number of amides is 1. The van der Waals surface area contributed by atoms with Crippen molar-refractivity contribution in [2.75, 3.05) is 19.6 Å². The van der Waals surface area contributed by atoms with E-state index >= 15 is 8.78 Å². The Morgan fingerprint density at radius 3 is 2.42 bits per heavy atom. The minimum atomic E-state index is -3.80.